The third-order valence-corrected chi connectivity index (χ3v) is 2.49. The normalized spacial score (nSPS) is 11.6. The number of aliphatic carboxylic acids is 2. The SMILES string of the molecule is O=C(O)CC(NC(=O)CCn1ccc(=O)[nH]c1=O)C(=O)O. The zero-order valence-electron chi connectivity index (χ0n) is 10.7. The summed E-state index contributed by atoms with van der Waals surface area (Å²) >= 11 is 0. The van der Waals surface area contributed by atoms with Crippen molar-refractivity contribution in [2.75, 3.05) is 0 Å². The van der Waals surface area contributed by atoms with Gasteiger partial charge in [-0.1, -0.05) is 0 Å². The van der Waals surface area contributed by atoms with Gasteiger partial charge in [0.2, 0.25) is 5.91 Å². The van der Waals surface area contributed by atoms with E-state index in [0.29, 0.717) is 0 Å². The molecular weight excluding hydrogens is 286 g/mol. The smallest absolute Gasteiger partial charge is 0.328 e. The number of rotatable bonds is 7. The Hall–Kier alpha value is -2.91. The molecule has 0 aliphatic heterocycles. The lowest BCUT2D eigenvalue weighted by molar-refractivity contribution is -0.147. The number of aryl methyl sites for hydroxylation is 1. The maximum atomic E-state index is 11.5. The maximum Gasteiger partial charge on any atom is 0.328 e. The summed E-state index contributed by atoms with van der Waals surface area (Å²) in [4.78, 5) is 56.9. The fraction of sp³-hybridized carbons (Fsp3) is 0.364. The standard InChI is InChI=1S/C11H13N3O7/c15-7(12-6(10(19)20)5-9(17)18)1-3-14-4-2-8(16)13-11(14)21/h2,4,6H,1,3,5H2,(H,12,15)(H,17,18)(H,19,20)(H,13,16,21). The number of carbonyl (C=O) groups excluding carboxylic acids is 1. The second kappa shape index (κ2) is 7.03. The molecule has 0 spiro atoms. The Labute approximate surface area is 117 Å². The highest BCUT2D eigenvalue weighted by molar-refractivity contribution is 5.86. The number of aromatic amines is 1. The Bertz CT molecular complexity index is 660. The topological polar surface area (TPSA) is 159 Å². The number of nitrogens with zero attached hydrogens (tertiary/aromatic N) is 1. The van der Waals surface area contributed by atoms with E-state index in [-0.39, 0.29) is 13.0 Å². The molecule has 1 heterocycles. The van der Waals surface area contributed by atoms with Crippen molar-refractivity contribution in [1.29, 1.82) is 0 Å². The molecule has 0 radical (unpaired) electrons. The summed E-state index contributed by atoms with van der Waals surface area (Å²) in [6, 6.07) is -0.439. The summed E-state index contributed by atoms with van der Waals surface area (Å²) in [7, 11) is 0. The van der Waals surface area contributed by atoms with Crippen molar-refractivity contribution >= 4 is 17.8 Å². The van der Waals surface area contributed by atoms with Crippen LogP contribution < -0.4 is 16.6 Å². The minimum Gasteiger partial charge on any atom is -0.481 e. The highest BCUT2D eigenvalue weighted by atomic mass is 16.4. The summed E-state index contributed by atoms with van der Waals surface area (Å²) in [5.74, 6) is -3.55. The third-order valence-electron chi connectivity index (χ3n) is 2.49. The number of amides is 1. The van der Waals surface area contributed by atoms with E-state index >= 15 is 0 Å². The van der Waals surface area contributed by atoms with Gasteiger partial charge in [-0.25, -0.2) is 9.59 Å². The van der Waals surface area contributed by atoms with E-state index in [9.17, 15) is 24.0 Å². The van der Waals surface area contributed by atoms with Gasteiger partial charge < -0.3 is 20.1 Å². The van der Waals surface area contributed by atoms with Crippen molar-refractivity contribution < 1.29 is 24.6 Å². The molecule has 10 nitrogen and oxygen atoms in total. The Morgan fingerprint density at radius 3 is 2.48 bits per heavy atom. The molecule has 0 aliphatic carbocycles. The highest BCUT2D eigenvalue weighted by Gasteiger charge is 2.22. The molecule has 1 unspecified atom stereocenters. The molecule has 4 N–H and O–H groups in total. The van der Waals surface area contributed by atoms with Crippen LogP contribution in [-0.2, 0) is 20.9 Å². The molecule has 1 rings (SSSR count). The van der Waals surface area contributed by atoms with E-state index in [4.69, 9.17) is 10.2 Å². The minimum atomic E-state index is -1.54. The van der Waals surface area contributed by atoms with Gasteiger partial charge in [0.15, 0.2) is 0 Å². The summed E-state index contributed by atoms with van der Waals surface area (Å²) in [6.45, 7) is -0.0825. The van der Waals surface area contributed by atoms with Gasteiger partial charge in [0.1, 0.15) is 6.04 Å². The second-order valence-electron chi connectivity index (χ2n) is 4.11. The largest absolute Gasteiger partial charge is 0.481 e. The average molecular weight is 299 g/mol. The molecule has 0 saturated carbocycles. The predicted octanol–water partition coefficient (Wildman–Crippen LogP) is -2.03. The van der Waals surface area contributed by atoms with Crippen molar-refractivity contribution in [3.05, 3.63) is 33.1 Å². The van der Waals surface area contributed by atoms with Crippen LogP contribution in [0.15, 0.2) is 21.9 Å². The first-order chi connectivity index (χ1) is 9.79. The molecule has 1 aromatic heterocycles. The lowest BCUT2D eigenvalue weighted by atomic mass is 10.2. The second-order valence-corrected chi connectivity index (χ2v) is 4.11. The van der Waals surface area contributed by atoms with Crippen molar-refractivity contribution in [3.63, 3.8) is 0 Å². The molecule has 1 amide bonds. The van der Waals surface area contributed by atoms with Crippen LogP contribution in [0.2, 0.25) is 0 Å². The number of hydrogen-bond donors (Lipinski definition) is 4. The van der Waals surface area contributed by atoms with E-state index in [1.165, 1.54) is 6.20 Å². The number of carbonyl (C=O) groups is 3. The van der Waals surface area contributed by atoms with Gasteiger partial charge in [0.25, 0.3) is 5.56 Å². The molecule has 0 saturated heterocycles. The van der Waals surface area contributed by atoms with Gasteiger partial charge in [0.05, 0.1) is 6.42 Å². The van der Waals surface area contributed by atoms with E-state index in [1.807, 2.05) is 10.3 Å². The van der Waals surface area contributed by atoms with Crippen LogP contribution in [0.1, 0.15) is 12.8 Å². The molecule has 0 fully saturated rings. The summed E-state index contributed by atoms with van der Waals surface area (Å²) in [5, 5.41) is 19.3. The number of carboxylic acid groups (broad SMARTS) is 2. The van der Waals surface area contributed by atoms with E-state index in [0.717, 1.165) is 10.6 Å². The molecular formula is C11H13N3O7. The van der Waals surface area contributed by atoms with Crippen molar-refractivity contribution in [2.24, 2.45) is 0 Å². The summed E-state index contributed by atoms with van der Waals surface area (Å²) in [6.07, 6.45) is 0.204. The van der Waals surface area contributed by atoms with Crippen LogP contribution in [0, 0.1) is 0 Å². The van der Waals surface area contributed by atoms with E-state index in [2.05, 4.69) is 0 Å². The first-order valence-corrected chi connectivity index (χ1v) is 5.83. The van der Waals surface area contributed by atoms with Crippen LogP contribution in [0.5, 0.6) is 0 Å². The first kappa shape index (κ1) is 16.1. The third kappa shape index (κ3) is 5.30. The molecule has 10 heteroatoms. The maximum absolute atomic E-state index is 11.5. The monoisotopic (exact) mass is 299 g/mol. The molecule has 0 bridgehead atoms. The predicted molar refractivity (Wildman–Crippen MR) is 67.8 cm³/mol. The summed E-state index contributed by atoms with van der Waals surface area (Å²) in [5.41, 5.74) is -1.27. The van der Waals surface area contributed by atoms with Gasteiger partial charge in [-0.15, -0.1) is 0 Å². The van der Waals surface area contributed by atoms with Crippen LogP contribution in [0.25, 0.3) is 0 Å². The van der Waals surface area contributed by atoms with Gasteiger partial charge in [-0.2, -0.15) is 0 Å². The fourth-order valence-electron chi connectivity index (χ4n) is 1.48. The van der Waals surface area contributed by atoms with Crippen LogP contribution in [-0.4, -0.2) is 43.7 Å². The Morgan fingerprint density at radius 2 is 1.95 bits per heavy atom. The lowest BCUT2D eigenvalue weighted by Crippen LogP contribution is -2.42. The van der Waals surface area contributed by atoms with Gasteiger partial charge in [-0.3, -0.25) is 19.4 Å². The molecule has 21 heavy (non-hydrogen) atoms. The number of H-pyrrole nitrogens is 1. The summed E-state index contributed by atoms with van der Waals surface area (Å²) < 4.78 is 1.06. The number of aromatic nitrogens is 2. The van der Waals surface area contributed by atoms with Gasteiger partial charge >= 0.3 is 17.6 Å². The number of carboxylic acids is 2. The Morgan fingerprint density at radius 1 is 1.29 bits per heavy atom. The number of nitrogens with one attached hydrogen (secondary N) is 2. The van der Waals surface area contributed by atoms with Crippen LogP contribution in [0.3, 0.4) is 0 Å². The van der Waals surface area contributed by atoms with Gasteiger partial charge in [-0.05, 0) is 0 Å². The van der Waals surface area contributed by atoms with Crippen molar-refractivity contribution in [1.82, 2.24) is 14.9 Å². The zero-order valence-corrected chi connectivity index (χ0v) is 10.7. The quantitative estimate of drug-likeness (QED) is 0.452. The molecule has 114 valence electrons. The van der Waals surface area contributed by atoms with Crippen LogP contribution in [0.4, 0.5) is 0 Å². The Balaban J connectivity index is 2.60. The van der Waals surface area contributed by atoms with Crippen molar-refractivity contribution in [2.45, 2.75) is 25.4 Å². The highest BCUT2D eigenvalue weighted by Crippen LogP contribution is 1.95. The molecule has 1 aromatic rings. The molecule has 1 atom stereocenters. The Kier molecular flexibility index (Phi) is 5.40. The van der Waals surface area contributed by atoms with Crippen molar-refractivity contribution in [3.8, 4) is 0 Å². The molecule has 0 aliphatic rings. The van der Waals surface area contributed by atoms with E-state index in [1.54, 1.807) is 0 Å². The average Bonchev–Trinajstić information content (AvgIpc) is 2.36. The number of hydrogen-bond acceptors (Lipinski definition) is 5. The molecule has 0 aromatic carbocycles. The van der Waals surface area contributed by atoms with E-state index < -0.39 is 41.6 Å². The first-order valence-electron chi connectivity index (χ1n) is 5.83. The van der Waals surface area contributed by atoms with Gasteiger partial charge in [0, 0.05) is 25.2 Å². The van der Waals surface area contributed by atoms with Crippen LogP contribution >= 0.6 is 0 Å². The fourth-order valence-corrected chi connectivity index (χ4v) is 1.48. The zero-order chi connectivity index (χ0) is 16.0. The lowest BCUT2D eigenvalue weighted by Gasteiger charge is -2.12. The minimum absolute atomic E-state index is 0.0825.